The van der Waals surface area contributed by atoms with Crippen molar-refractivity contribution in [2.75, 3.05) is 18.5 Å². The Morgan fingerprint density at radius 3 is 2.76 bits per heavy atom. The van der Waals surface area contributed by atoms with Gasteiger partial charge in [-0.15, -0.1) is 5.10 Å². The van der Waals surface area contributed by atoms with Crippen LogP contribution in [-0.2, 0) is 17.6 Å². The van der Waals surface area contributed by atoms with Crippen molar-refractivity contribution >= 4 is 27.3 Å². The number of rotatable bonds is 9. The predicted octanol–water partition coefficient (Wildman–Crippen LogP) is 2.68. The molecule has 0 aliphatic rings. The molecule has 29 heavy (non-hydrogen) atoms. The summed E-state index contributed by atoms with van der Waals surface area (Å²) in [6, 6.07) is 11.8. The van der Waals surface area contributed by atoms with E-state index in [1.807, 2.05) is 25.1 Å². The summed E-state index contributed by atoms with van der Waals surface area (Å²) in [5.74, 6) is -0.0701. The fraction of sp³-hybridized carbons (Fsp3) is 0.429. The summed E-state index contributed by atoms with van der Waals surface area (Å²) in [6.07, 6.45) is 3.49. The van der Waals surface area contributed by atoms with Gasteiger partial charge < -0.3 is 10.2 Å². The quantitative estimate of drug-likeness (QED) is 0.583. The second-order valence-electron chi connectivity index (χ2n) is 7.26. The van der Waals surface area contributed by atoms with Gasteiger partial charge in [0.2, 0.25) is 16.0 Å². The highest BCUT2D eigenvalue weighted by atomic mass is 32.1. The molecule has 1 atom stereocenters. The van der Waals surface area contributed by atoms with Gasteiger partial charge >= 0.3 is 0 Å². The van der Waals surface area contributed by atoms with Crippen molar-refractivity contribution in [3.8, 4) is 0 Å². The minimum atomic E-state index is -0.187. The minimum absolute atomic E-state index is 0.0701. The molecule has 0 saturated carbocycles. The lowest BCUT2D eigenvalue weighted by Crippen LogP contribution is -2.40. The number of carbonyl (C=O) groups is 1. The van der Waals surface area contributed by atoms with Gasteiger partial charge in [0.15, 0.2) is 0 Å². The Hall–Kier alpha value is -2.74. The second-order valence-corrected chi connectivity index (χ2v) is 8.20. The molecule has 2 aromatic heterocycles. The molecule has 0 aliphatic heterocycles. The molecule has 7 nitrogen and oxygen atoms in total. The van der Waals surface area contributed by atoms with E-state index in [1.54, 1.807) is 11.9 Å². The Morgan fingerprint density at radius 2 is 2.03 bits per heavy atom. The number of nitrogens with zero attached hydrogens (tertiary/aromatic N) is 4. The maximum Gasteiger partial charge on any atom is 0.275 e. The van der Waals surface area contributed by atoms with Gasteiger partial charge in [0.05, 0.1) is 6.54 Å². The third kappa shape index (κ3) is 5.63. The molecule has 1 aromatic carbocycles. The van der Waals surface area contributed by atoms with Crippen LogP contribution in [0.2, 0.25) is 0 Å². The third-order valence-electron chi connectivity index (χ3n) is 4.62. The molecule has 0 spiro atoms. The SMILES string of the molecule is CCCc1cc(=O)n2nc(N(C)CC(=O)N[C@H](C)CCc3ccccc3)sc2n1. The zero-order chi connectivity index (χ0) is 20.8. The fourth-order valence-electron chi connectivity index (χ4n) is 3.09. The molecular weight excluding hydrogens is 386 g/mol. The van der Waals surface area contributed by atoms with Crippen LogP contribution in [0.4, 0.5) is 5.13 Å². The first-order valence-electron chi connectivity index (χ1n) is 9.90. The maximum atomic E-state index is 12.4. The number of carbonyl (C=O) groups excluding carboxylic acids is 1. The summed E-state index contributed by atoms with van der Waals surface area (Å²) in [5.41, 5.74) is 1.86. The van der Waals surface area contributed by atoms with Crippen LogP contribution in [0.25, 0.3) is 4.96 Å². The van der Waals surface area contributed by atoms with Gasteiger partial charge in [-0.05, 0) is 31.7 Å². The molecule has 0 bridgehead atoms. The summed E-state index contributed by atoms with van der Waals surface area (Å²) in [6.45, 7) is 4.23. The van der Waals surface area contributed by atoms with E-state index >= 15 is 0 Å². The van der Waals surface area contributed by atoms with E-state index in [0.29, 0.717) is 10.1 Å². The highest BCUT2D eigenvalue weighted by Crippen LogP contribution is 2.20. The second kappa shape index (κ2) is 9.65. The molecule has 8 heteroatoms. The molecule has 0 aliphatic carbocycles. The van der Waals surface area contributed by atoms with E-state index in [9.17, 15) is 9.59 Å². The summed E-state index contributed by atoms with van der Waals surface area (Å²) < 4.78 is 1.30. The number of amides is 1. The van der Waals surface area contributed by atoms with Gasteiger partial charge in [-0.2, -0.15) is 4.52 Å². The average molecular weight is 414 g/mol. The average Bonchev–Trinajstić information content (AvgIpc) is 3.12. The first-order valence-corrected chi connectivity index (χ1v) is 10.7. The summed E-state index contributed by atoms with van der Waals surface area (Å²) in [5, 5.41) is 7.95. The molecule has 3 aromatic rings. The molecule has 154 valence electrons. The molecule has 1 N–H and O–H groups in total. The lowest BCUT2D eigenvalue weighted by Gasteiger charge is -2.18. The first-order chi connectivity index (χ1) is 14.0. The van der Waals surface area contributed by atoms with E-state index in [-0.39, 0.29) is 24.1 Å². The Kier molecular flexibility index (Phi) is 6.98. The summed E-state index contributed by atoms with van der Waals surface area (Å²) in [7, 11) is 1.80. The van der Waals surface area contributed by atoms with Crippen LogP contribution in [0.5, 0.6) is 0 Å². The van der Waals surface area contributed by atoms with Crippen molar-refractivity contribution < 1.29 is 4.79 Å². The van der Waals surface area contributed by atoms with Gasteiger partial charge in [-0.3, -0.25) is 9.59 Å². The number of hydrogen-bond donors (Lipinski definition) is 1. The van der Waals surface area contributed by atoms with E-state index < -0.39 is 0 Å². The zero-order valence-electron chi connectivity index (χ0n) is 17.1. The van der Waals surface area contributed by atoms with Crippen molar-refractivity contribution in [2.45, 2.75) is 45.6 Å². The topological polar surface area (TPSA) is 79.6 Å². The van der Waals surface area contributed by atoms with Crippen molar-refractivity contribution in [1.82, 2.24) is 19.9 Å². The van der Waals surface area contributed by atoms with Crippen molar-refractivity contribution in [3.05, 3.63) is 58.0 Å². The molecule has 3 rings (SSSR count). The molecule has 1 amide bonds. The number of aromatic nitrogens is 3. The van der Waals surface area contributed by atoms with E-state index in [0.717, 1.165) is 31.4 Å². The molecule has 0 saturated heterocycles. The van der Waals surface area contributed by atoms with Crippen LogP contribution in [0.1, 0.15) is 37.9 Å². The summed E-state index contributed by atoms with van der Waals surface area (Å²) >= 11 is 1.31. The Balaban J connectivity index is 1.57. The highest BCUT2D eigenvalue weighted by molar-refractivity contribution is 7.20. The number of anilines is 1. The molecule has 0 unspecified atom stereocenters. The van der Waals surface area contributed by atoms with E-state index in [4.69, 9.17) is 0 Å². The smallest absolute Gasteiger partial charge is 0.275 e. The van der Waals surface area contributed by atoms with Crippen LogP contribution in [0.3, 0.4) is 0 Å². The summed E-state index contributed by atoms with van der Waals surface area (Å²) in [4.78, 5) is 31.4. The van der Waals surface area contributed by atoms with E-state index in [1.165, 1.54) is 27.5 Å². The Labute approximate surface area is 174 Å². The monoisotopic (exact) mass is 413 g/mol. The van der Waals surface area contributed by atoms with E-state index in [2.05, 4.69) is 34.5 Å². The van der Waals surface area contributed by atoms with Crippen LogP contribution in [0, 0.1) is 0 Å². The number of nitrogens with one attached hydrogen (secondary N) is 1. The van der Waals surface area contributed by atoms with Crippen LogP contribution in [0.15, 0.2) is 41.2 Å². The third-order valence-corrected chi connectivity index (χ3v) is 5.64. The van der Waals surface area contributed by atoms with Crippen molar-refractivity contribution in [3.63, 3.8) is 0 Å². The Bertz CT molecular complexity index is 1010. The number of fused-ring (bicyclic) bond motifs is 1. The van der Waals surface area contributed by atoms with Gasteiger partial charge in [0, 0.05) is 24.8 Å². The maximum absolute atomic E-state index is 12.4. The number of benzene rings is 1. The minimum Gasteiger partial charge on any atom is -0.352 e. The van der Waals surface area contributed by atoms with Gasteiger partial charge in [0.25, 0.3) is 5.56 Å². The molecule has 0 fully saturated rings. The molecule has 0 radical (unpaired) electrons. The Morgan fingerprint density at radius 1 is 1.28 bits per heavy atom. The van der Waals surface area contributed by atoms with Crippen molar-refractivity contribution in [2.24, 2.45) is 0 Å². The van der Waals surface area contributed by atoms with Crippen LogP contribution < -0.4 is 15.8 Å². The number of likely N-dealkylation sites (N-methyl/N-ethyl adjacent to an activating group) is 1. The molecule has 2 heterocycles. The van der Waals surface area contributed by atoms with Crippen LogP contribution >= 0.6 is 11.3 Å². The first kappa shape index (κ1) is 21.0. The van der Waals surface area contributed by atoms with Gasteiger partial charge in [-0.25, -0.2) is 4.98 Å². The lowest BCUT2D eigenvalue weighted by molar-refractivity contribution is -0.120. The normalized spacial score (nSPS) is 12.1. The fourth-order valence-corrected chi connectivity index (χ4v) is 3.97. The predicted molar refractivity (Wildman–Crippen MR) is 117 cm³/mol. The number of hydrogen-bond acceptors (Lipinski definition) is 6. The van der Waals surface area contributed by atoms with Crippen LogP contribution in [-0.4, -0.2) is 40.1 Å². The highest BCUT2D eigenvalue weighted by Gasteiger charge is 2.16. The standard InChI is InChI=1S/C21H27N5O2S/c1-4-8-17-13-19(28)26-20(23-17)29-21(24-26)25(3)14-18(27)22-15(2)11-12-16-9-6-5-7-10-16/h5-7,9-10,13,15H,4,8,11-12,14H2,1-3H3,(H,22,27)/t15-/m1/s1. The number of aryl methyl sites for hydroxylation is 2. The van der Waals surface area contributed by atoms with Gasteiger partial charge in [0.1, 0.15) is 0 Å². The largest absolute Gasteiger partial charge is 0.352 e. The van der Waals surface area contributed by atoms with Crippen molar-refractivity contribution in [1.29, 1.82) is 0 Å². The molecular formula is C21H27N5O2S. The zero-order valence-corrected chi connectivity index (χ0v) is 17.9. The van der Waals surface area contributed by atoms with Gasteiger partial charge in [-0.1, -0.05) is 55.0 Å². The lowest BCUT2D eigenvalue weighted by atomic mass is 10.1.